The largest absolute Gasteiger partial charge is 0.493 e. The van der Waals surface area contributed by atoms with Crippen LogP contribution in [0, 0.1) is 0 Å². The standard InChI is InChI=1S/C40H60N2.Ni/c1-5-9-13-16-17-20-30-38-37(29-12-8-4)39(35-27-21-25-33(31-35)23-18-14-10-6-2)42(41)40(38)36-28-22-26-34(32-36)24-19-15-11-7-3;/h21-22,25-28,31-32H,5-20,23-24,29-30H2,1-4H3;. The number of nitrogens with zero attached hydrogens (tertiary/aromatic N) is 2. The summed E-state index contributed by atoms with van der Waals surface area (Å²) in [5.41, 5.74) is 22.0. The van der Waals surface area contributed by atoms with Crippen LogP contribution in [0.2, 0.25) is 0 Å². The van der Waals surface area contributed by atoms with E-state index in [9.17, 15) is 5.53 Å². The van der Waals surface area contributed by atoms with E-state index in [0.717, 1.165) is 49.9 Å². The van der Waals surface area contributed by atoms with E-state index in [1.165, 1.54) is 123 Å². The van der Waals surface area contributed by atoms with Gasteiger partial charge in [0.2, 0.25) is 11.4 Å². The van der Waals surface area contributed by atoms with Gasteiger partial charge in [-0.05, 0) is 86.8 Å². The normalized spacial score (nSPS) is 13.3. The smallest absolute Gasteiger partial charge is 0.211 e. The van der Waals surface area contributed by atoms with Crippen molar-refractivity contribution in [3.63, 3.8) is 0 Å². The van der Waals surface area contributed by atoms with Gasteiger partial charge >= 0.3 is 0 Å². The van der Waals surface area contributed by atoms with Crippen molar-refractivity contribution in [2.24, 2.45) is 0 Å². The van der Waals surface area contributed by atoms with E-state index in [4.69, 9.17) is 0 Å². The van der Waals surface area contributed by atoms with Crippen molar-refractivity contribution >= 4 is 11.4 Å². The first kappa shape index (κ1) is 37.2. The summed E-state index contributed by atoms with van der Waals surface area (Å²) in [5.74, 6) is 0. The first-order valence-electron chi connectivity index (χ1n) is 17.8. The Morgan fingerprint density at radius 2 is 0.837 bits per heavy atom. The van der Waals surface area contributed by atoms with Crippen LogP contribution in [-0.4, -0.2) is 4.70 Å². The molecule has 1 heterocycles. The maximum Gasteiger partial charge on any atom is 0.211 e. The fourth-order valence-electron chi connectivity index (χ4n) is 6.48. The van der Waals surface area contributed by atoms with E-state index < -0.39 is 0 Å². The molecule has 1 aliphatic heterocycles. The van der Waals surface area contributed by atoms with Crippen LogP contribution in [0.5, 0.6) is 0 Å². The molecule has 0 fully saturated rings. The average Bonchev–Trinajstić information content (AvgIpc) is 3.29. The van der Waals surface area contributed by atoms with E-state index in [2.05, 4.69) is 76.2 Å². The van der Waals surface area contributed by atoms with Gasteiger partial charge in [0.05, 0.1) is 0 Å². The summed E-state index contributed by atoms with van der Waals surface area (Å²) in [4.78, 5) is 0. The van der Waals surface area contributed by atoms with E-state index in [-0.39, 0.29) is 16.5 Å². The van der Waals surface area contributed by atoms with Crippen LogP contribution in [0.25, 0.3) is 16.9 Å². The van der Waals surface area contributed by atoms with Gasteiger partial charge in [0, 0.05) is 38.8 Å². The fourth-order valence-corrected chi connectivity index (χ4v) is 6.48. The van der Waals surface area contributed by atoms with Crippen LogP contribution in [0.4, 0.5) is 0 Å². The van der Waals surface area contributed by atoms with Crippen molar-refractivity contribution in [2.75, 3.05) is 0 Å². The SMILES string of the molecule is CCCCCCCCC1=C(c2cccc(CCCCCC)c2)[N+](=[N-])C(c2cccc(CCCCCC)c2)=C1CCCC.[Ni]. The molecule has 2 aromatic rings. The zero-order chi connectivity index (χ0) is 30.0. The minimum Gasteiger partial charge on any atom is -0.493 e. The molecular formula is C40H60N2Ni. The second-order valence-electron chi connectivity index (χ2n) is 12.6. The molecule has 3 rings (SSSR count). The van der Waals surface area contributed by atoms with Crippen molar-refractivity contribution < 1.29 is 21.2 Å². The van der Waals surface area contributed by atoms with E-state index in [0.29, 0.717) is 0 Å². The van der Waals surface area contributed by atoms with E-state index in [1.54, 1.807) is 4.70 Å². The van der Waals surface area contributed by atoms with Gasteiger partial charge in [-0.1, -0.05) is 129 Å². The molecule has 43 heavy (non-hydrogen) atoms. The maximum absolute atomic E-state index is 12.1. The molecule has 0 spiro atoms. The summed E-state index contributed by atoms with van der Waals surface area (Å²) >= 11 is 0. The number of hydrogen-bond acceptors (Lipinski definition) is 0. The molecule has 240 valence electrons. The molecule has 1 aliphatic rings. The van der Waals surface area contributed by atoms with Crippen molar-refractivity contribution in [2.45, 2.75) is 156 Å². The average molecular weight is 628 g/mol. The molecule has 0 N–H and O–H groups in total. The summed E-state index contributed by atoms with van der Waals surface area (Å²) in [5, 5.41) is 0. The van der Waals surface area contributed by atoms with Gasteiger partial charge in [-0.25, -0.2) is 4.70 Å². The monoisotopic (exact) mass is 626 g/mol. The summed E-state index contributed by atoms with van der Waals surface area (Å²) < 4.78 is 1.59. The fraction of sp³-hybridized carbons (Fsp3) is 0.600. The van der Waals surface area contributed by atoms with Gasteiger partial charge in [-0.15, -0.1) is 0 Å². The van der Waals surface area contributed by atoms with Gasteiger partial charge in [-0.3, -0.25) is 0 Å². The van der Waals surface area contributed by atoms with Crippen molar-refractivity contribution in [3.05, 3.63) is 87.5 Å². The third kappa shape index (κ3) is 11.8. The predicted octanol–water partition coefficient (Wildman–Crippen LogP) is 13.0. The van der Waals surface area contributed by atoms with E-state index >= 15 is 0 Å². The zero-order valence-corrected chi connectivity index (χ0v) is 29.0. The molecule has 0 radical (unpaired) electrons. The summed E-state index contributed by atoms with van der Waals surface area (Å²) in [7, 11) is 0. The maximum atomic E-state index is 12.1. The Kier molecular flexibility index (Phi) is 18.7. The van der Waals surface area contributed by atoms with Crippen LogP contribution in [0.15, 0.2) is 59.7 Å². The molecule has 2 aromatic carbocycles. The quantitative estimate of drug-likeness (QED) is 0.0705. The first-order valence-corrected chi connectivity index (χ1v) is 17.8. The zero-order valence-electron chi connectivity index (χ0n) is 28.0. The minimum absolute atomic E-state index is 0. The Morgan fingerprint density at radius 1 is 0.465 bits per heavy atom. The van der Waals surface area contributed by atoms with Crippen LogP contribution in [0.3, 0.4) is 0 Å². The van der Waals surface area contributed by atoms with Crippen molar-refractivity contribution in [1.82, 2.24) is 0 Å². The molecule has 0 saturated heterocycles. The van der Waals surface area contributed by atoms with Crippen molar-refractivity contribution in [1.29, 1.82) is 0 Å². The number of aryl methyl sites for hydroxylation is 2. The predicted molar refractivity (Wildman–Crippen MR) is 184 cm³/mol. The van der Waals surface area contributed by atoms with Crippen LogP contribution in [-0.2, 0) is 29.3 Å². The Hall–Kier alpha value is -1.99. The van der Waals surface area contributed by atoms with Gasteiger partial charge in [0.25, 0.3) is 0 Å². The summed E-state index contributed by atoms with van der Waals surface area (Å²) in [6, 6.07) is 18.1. The van der Waals surface area contributed by atoms with Crippen LogP contribution < -0.4 is 0 Å². The molecular weight excluding hydrogens is 567 g/mol. The number of benzene rings is 2. The van der Waals surface area contributed by atoms with Crippen LogP contribution >= 0.6 is 0 Å². The molecule has 0 atom stereocenters. The molecule has 0 aromatic heterocycles. The van der Waals surface area contributed by atoms with Gasteiger partial charge < -0.3 is 5.53 Å². The molecule has 0 saturated carbocycles. The summed E-state index contributed by atoms with van der Waals surface area (Å²) in [6.45, 7) is 9.12. The van der Waals surface area contributed by atoms with Gasteiger partial charge in [0.1, 0.15) is 0 Å². The number of unbranched alkanes of at least 4 members (excludes halogenated alkanes) is 12. The second-order valence-corrected chi connectivity index (χ2v) is 12.6. The third-order valence-corrected chi connectivity index (χ3v) is 8.96. The molecule has 2 nitrogen and oxygen atoms in total. The van der Waals surface area contributed by atoms with E-state index in [1.807, 2.05) is 0 Å². The Morgan fingerprint density at radius 3 is 1.30 bits per heavy atom. The molecule has 3 heteroatoms. The Bertz CT molecular complexity index is 1160. The van der Waals surface area contributed by atoms with Crippen molar-refractivity contribution in [3.8, 4) is 0 Å². The molecule has 0 aliphatic carbocycles. The third-order valence-electron chi connectivity index (χ3n) is 8.96. The number of allylic oxidation sites excluding steroid dienone is 2. The van der Waals surface area contributed by atoms with Crippen LogP contribution in [0.1, 0.15) is 166 Å². The Labute approximate surface area is 275 Å². The second kappa shape index (κ2) is 21.7. The minimum atomic E-state index is 0. The number of hydrogen-bond donors (Lipinski definition) is 0. The molecule has 0 amide bonds. The Balaban J connectivity index is 0.00000645. The summed E-state index contributed by atoms with van der Waals surface area (Å²) in [6.07, 6.45) is 24.5. The number of rotatable bonds is 22. The topological polar surface area (TPSA) is 25.3 Å². The molecule has 0 bridgehead atoms. The first-order chi connectivity index (χ1) is 20.6. The molecule has 0 unspecified atom stereocenters. The van der Waals surface area contributed by atoms with Gasteiger partial charge in [-0.2, -0.15) is 0 Å². The van der Waals surface area contributed by atoms with Gasteiger partial charge in [0.15, 0.2) is 0 Å².